The predicted octanol–water partition coefficient (Wildman–Crippen LogP) is 1.77. The molecule has 3 N–H and O–H groups in total. The number of aromatic nitrogens is 2. The van der Waals surface area contributed by atoms with E-state index in [1.807, 2.05) is 0 Å². The number of benzene rings is 1. The van der Waals surface area contributed by atoms with E-state index < -0.39 is 0 Å². The topological polar surface area (TPSA) is 84.9 Å². The van der Waals surface area contributed by atoms with Gasteiger partial charge in [-0.1, -0.05) is 0 Å². The number of hydrogen-bond donors (Lipinski definition) is 2. The van der Waals surface area contributed by atoms with Crippen molar-refractivity contribution in [3.8, 4) is 11.5 Å². The third-order valence-electron chi connectivity index (χ3n) is 2.44. The van der Waals surface area contributed by atoms with Crippen molar-refractivity contribution >= 4 is 16.8 Å². The maximum absolute atomic E-state index is 10.9. The molecule has 2 heterocycles. The van der Waals surface area contributed by atoms with Gasteiger partial charge in [-0.15, -0.1) is 0 Å². The molecule has 0 saturated heterocycles. The summed E-state index contributed by atoms with van der Waals surface area (Å²) in [6.07, 6.45) is 1.57. The molecule has 0 aliphatic heterocycles. The van der Waals surface area contributed by atoms with Gasteiger partial charge in [0, 0.05) is 18.0 Å². The summed E-state index contributed by atoms with van der Waals surface area (Å²) in [7, 11) is 0. The SMILES string of the molecule is Nc1ccc2oc(-c3ccc(=O)[nH]c3)nc2c1. The third kappa shape index (κ3) is 1.67. The molecule has 0 unspecified atom stereocenters. The number of anilines is 1. The van der Waals surface area contributed by atoms with Crippen LogP contribution in [0.5, 0.6) is 0 Å². The van der Waals surface area contributed by atoms with E-state index in [9.17, 15) is 4.79 Å². The summed E-state index contributed by atoms with van der Waals surface area (Å²) in [6, 6.07) is 8.36. The third-order valence-corrected chi connectivity index (χ3v) is 2.44. The lowest BCUT2D eigenvalue weighted by Gasteiger charge is -1.91. The summed E-state index contributed by atoms with van der Waals surface area (Å²) in [6.45, 7) is 0. The van der Waals surface area contributed by atoms with Crippen molar-refractivity contribution < 1.29 is 4.42 Å². The van der Waals surface area contributed by atoms with Gasteiger partial charge in [0.15, 0.2) is 5.58 Å². The highest BCUT2D eigenvalue weighted by Crippen LogP contribution is 2.24. The monoisotopic (exact) mass is 227 g/mol. The Balaban J connectivity index is 2.17. The van der Waals surface area contributed by atoms with Crippen LogP contribution in [0.1, 0.15) is 0 Å². The molecule has 0 saturated carbocycles. The smallest absolute Gasteiger partial charge is 0.247 e. The molecule has 0 atom stereocenters. The van der Waals surface area contributed by atoms with Gasteiger partial charge in [0.1, 0.15) is 5.52 Å². The summed E-state index contributed by atoms with van der Waals surface area (Å²) in [5, 5.41) is 0. The van der Waals surface area contributed by atoms with E-state index >= 15 is 0 Å². The van der Waals surface area contributed by atoms with Crippen molar-refractivity contribution in [2.45, 2.75) is 0 Å². The second-order valence-corrected chi connectivity index (χ2v) is 3.69. The van der Waals surface area contributed by atoms with Crippen molar-refractivity contribution in [1.82, 2.24) is 9.97 Å². The number of oxazole rings is 1. The molecule has 0 spiro atoms. The summed E-state index contributed by atoms with van der Waals surface area (Å²) in [5.41, 5.74) is 8.23. The van der Waals surface area contributed by atoms with Crippen LogP contribution in [0, 0.1) is 0 Å². The van der Waals surface area contributed by atoms with Crippen molar-refractivity contribution in [2.75, 3.05) is 5.73 Å². The zero-order valence-electron chi connectivity index (χ0n) is 8.81. The Morgan fingerprint density at radius 2 is 2.12 bits per heavy atom. The van der Waals surface area contributed by atoms with Crippen LogP contribution in [-0.2, 0) is 0 Å². The van der Waals surface area contributed by atoms with Gasteiger partial charge in [0.05, 0.1) is 5.56 Å². The molecule has 0 amide bonds. The number of nitrogens with two attached hydrogens (primary N) is 1. The standard InChI is InChI=1S/C12H9N3O2/c13-8-2-3-10-9(5-8)15-12(17-10)7-1-4-11(16)14-6-7/h1-6H,13H2,(H,14,16). The van der Waals surface area contributed by atoms with Gasteiger partial charge in [-0.2, -0.15) is 0 Å². The molecule has 3 rings (SSSR count). The normalized spacial score (nSPS) is 10.8. The number of H-pyrrole nitrogens is 1. The van der Waals surface area contributed by atoms with Gasteiger partial charge in [-0.05, 0) is 24.3 Å². The Hall–Kier alpha value is -2.56. The van der Waals surface area contributed by atoms with E-state index in [4.69, 9.17) is 10.2 Å². The first-order valence-electron chi connectivity index (χ1n) is 5.07. The summed E-state index contributed by atoms with van der Waals surface area (Å²) < 4.78 is 5.56. The van der Waals surface area contributed by atoms with Crippen LogP contribution in [0.25, 0.3) is 22.6 Å². The van der Waals surface area contributed by atoms with Gasteiger partial charge in [-0.25, -0.2) is 4.98 Å². The Kier molecular flexibility index (Phi) is 1.98. The summed E-state index contributed by atoms with van der Waals surface area (Å²) in [4.78, 5) is 17.8. The van der Waals surface area contributed by atoms with Crippen LogP contribution >= 0.6 is 0 Å². The Morgan fingerprint density at radius 3 is 2.88 bits per heavy atom. The fourth-order valence-electron chi connectivity index (χ4n) is 1.61. The van der Waals surface area contributed by atoms with E-state index in [1.165, 1.54) is 6.07 Å². The van der Waals surface area contributed by atoms with E-state index in [-0.39, 0.29) is 5.56 Å². The molecule has 0 bridgehead atoms. The Labute approximate surface area is 95.9 Å². The van der Waals surface area contributed by atoms with Gasteiger partial charge < -0.3 is 15.1 Å². The number of nitrogens with zero attached hydrogens (tertiary/aromatic N) is 1. The number of nitrogen functional groups attached to an aromatic ring is 1. The number of pyridine rings is 1. The van der Waals surface area contributed by atoms with Gasteiger partial charge >= 0.3 is 0 Å². The van der Waals surface area contributed by atoms with Crippen LogP contribution in [0.2, 0.25) is 0 Å². The van der Waals surface area contributed by atoms with Crippen molar-refractivity contribution in [1.29, 1.82) is 0 Å². The summed E-state index contributed by atoms with van der Waals surface area (Å²) >= 11 is 0. The molecule has 5 nitrogen and oxygen atoms in total. The molecule has 1 aromatic carbocycles. The van der Waals surface area contributed by atoms with Gasteiger partial charge in [0.2, 0.25) is 11.4 Å². The number of rotatable bonds is 1. The highest BCUT2D eigenvalue weighted by atomic mass is 16.3. The molecule has 84 valence electrons. The van der Waals surface area contributed by atoms with Gasteiger partial charge in [-0.3, -0.25) is 4.79 Å². The number of fused-ring (bicyclic) bond motifs is 1. The quantitative estimate of drug-likeness (QED) is 0.620. The maximum Gasteiger partial charge on any atom is 0.247 e. The van der Waals surface area contributed by atoms with Crippen LogP contribution < -0.4 is 11.3 Å². The zero-order valence-corrected chi connectivity index (χ0v) is 8.81. The number of nitrogens with one attached hydrogen (secondary N) is 1. The Bertz CT molecular complexity index is 722. The average Bonchev–Trinajstić information content (AvgIpc) is 2.72. The molecule has 0 radical (unpaired) electrons. The molecule has 0 fully saturated rings. The fraction of sp³-hybridized carbons (Fsp3) is 0. The maximum atomic E-state index is 10.9. The summed E-state index contributed by atoms with van der Waals surface area (Å²) in [5.74, 6) is 0.460. The van der Waals surface area contributed by atoms with E-state index in [1.54, 1.807) is 30.5 Å². The highest BCUT2D eigenvalue weighted by Gasteiger charge is 2.07. The molecule has 0 aliphatic carbocycles. The first-order valence-corrected chi connectivity index (χ1v) is 5.07. The van der Waals surface area contributed by atoms with Crippen LogP contribution in [-0.4, -0.2) is 9.97 Å². The predicted molar refractivity (Wildman–Crippen MR) is 64.5 cm³/mol. The molecular formula is C12H9N3O2. The highest BCUT2D eigenvalue weighted by molar-refractivity contribution is 5.79. The van der Waals surface area contributed by atoms with E-state index in [0.29, 0.717) is 22.7 Å². The lowest BCUT2D eigenvalue weighted by molar-refractivity contribution is 0.619. The molecular weight excluding hydrogens is 218 g/mol. The average molecular weight is 227 g/mol. The number of aromatic amines is 1. The lowest BCUT2D eigenvalue weighted by atomic mass is 10.3. The fourth-order valence-corrected chi connectivity index (χ4v) is 1.61. The second-order valence-electron chi connectivity index (χ2n) is 3.69. The van der Waals surface area contributed by atoms with E-state index in [0.717, 1.165) is 5.56 Å². The molecule has 2 aromatic heterocycles. The van der Waals surface area contributed by atoms with E-state index in [2.05, 4.69) is 9.97 Å². The minimum atomic E-state index is -0.158. The molecule has 5 heteroatoms. The zero-order chi connectivity index (χ0) is 11.8. The number of hydrogen-bond acceptors (Lipinski definition) is 4. The first-order chi connectivity index (χ1) is 8.22. The lowest BCUT2D eigenvalue weighted by Crippen LogP contribution is -2.01. The van der Waals surface area contributed by atoms with Crippen molar-refractivity contribution in [2.24, 2.45) is 0 Å². The minimum absolute atomic E-state index is 0.158. The van der Waals surface area contributed by atoms with Crippen molar-refractivity contribution in [3.63, 3.8) is 0 Å². The molecule has 17 heavy (non-hydrogen) atoms. The van der Waals surface area contributed by atoms with Gasteiger partial charge in [0.25, 0.3) is 0 Å². The minimum Gasteiger partial charge on any atom is -0.436 e. The largest absolute Gasteiger partial charge is 0.436 e. The second kappa shape index (κ2) is 3.48. The first kappa shape index (κ1) is 9.65. The molecule has 3 aromatic rings. The van der Waals surface area contributed by atoms with Crippen molar-refractivity contribution in [3.05, 3.63) is 46.9 Å². The van der Waals surface area contributed by atoms with Crippen LogP contribution in [0.3, 0.4) is 0 Å². The molecule has 0 aliphatic rings. The van der Waals surface area contributed by atoms with Crippen LogP contribution in [0.4, 0.5) is 5.69 Å². The van der Waals surface area contributed by atoms with Crippen LogP contribution in [0.15, 0.2) is 45.7 Å². The Morgan fingerprint density at radius 1 is 1.24 bits per heavy atom.